The van der Waals surface area contributed by atoms with Crippen molar-refractivity contribution in [3.05, 3.63) is 64.7 Å². The molecule has 3 fully saturated rings. The number of anilines is 1. The van der Waals surface area contributed by atoms with Crippen LogP contribution in [0.15, 0.2) is 42.3 Å². The summed E-state index contributed by atoms with van der Waals surface area (Å²) in [4.78, 5) is 63.8. The first-order valence-corrected chi connectivity index (χ1v) is 20.6. The average Bonchev–Trinajstić information content (AvgIpc) is 3.94. The number of carbonyl (C=O) groups is 4. The molecule has 1 saturated heterocycles. The Morgan fingerprint density at radius 2 is 2.06 bits per heavy atom. The standard InChI is InChI=1S/C37H46N6O7S2/c1-4-22(3)31-33(45)43-19-27(16-30(43)32(44)40-37(17-25(37)5-2)34(46)41-52(48,49)28-14-15-28)50-36(47)42-18-24-12-9-11-23(29(24)20-42)10-7-6-8-13-26-21-51-35(38-26)39-31/h5,7,9-12,21-22,25,27-28,30-31H,2,4,6,8,13-20H2,1,3H3,(H,38,39)(H,40,44)(H,41,46)/t22-,25-,27-,30+,31+,37-/m1/s1. The maximum Gasteiger partial charge on any atom is 0.410 e. The van der Waals surface area contributed by atoms with Crippen LogP contribution in [0.2, 0.25) is 0 Å². The molecule has 2 saturated carbocycles. The van der Waals surface area contributed by atoms with E-state index in [1.807, 2.05) is 37.4 Å². The molecular formula is C37H46N6O7S2. The van der Waals surface area contributed by atoms with Crippen molar-refractivity contribution in [1.29, 1.82) is 0 Å². The van der Waals surface area contributed by atoms with Crippen LogP contribution in [0, 0.1) is 11.8 Å². The number of rotatable bonds is 8. The maximum absolute atomic E-state index is 14.6. The molecule has 6 bridgehead atoms. The first-order valence-electron chi connectivity index (χ1n) is 18.2. The highest BCUT2D eigenvalue weighted by atomic mass is 32.2. The van der Waals surface area contributed by atoms with E-state index in [4.69, 9.17) is 9.72 Å². The van der Waals surface area contributed by atoms with Gasteiger partial charge in [-0.25, -0.2) is 18.2 Å². The molecule has 6 atom stereocenters. The van der Waals surface area contributed by atoms with Crippen LogP contribution < -0.4 is 15.4 Å². The van der Waals surface area contributed by atoms with E-state index in [-0.39, 0.29) is 31.2 Å². The van der Waals surface area contributed by atoms with Crippen molar-refractivity contribution in [2.24, 2.45) is 11.8 Å². The fraction of sp³-hybridized carbons (Fsp3) is 0.541. The van der Waals surface area contributed by atoms with E-state index in [9.17, 15) is 27.6 Å². The molecule has 4 amide bonds. The van der Waals surface area contributed by atoms with Crippen LogP contribution in [0.1, 0.15) is 81.2 Å². The van der Waals surface area contributed by atoms with Gasteiger partial charge in [0.2, 0.25) is 21.8 Å². The molecule has 15 heteroatoms. The number of nitrogens with one attached hydrogen (secondary N) is 3. The summed E-state index contributed by atoms with van der Waals surface area (Å²) in [6.45, 7) is 8.44. The minimum atomic E-state index is -3.88. The second-order valence-corrected chi connectivity index (χ2v) is 17.5. The molecule has 2 aromatic rings. The molecule has 5 aliphatic rings. The van der Waals surface area contributed by atoms with Gasteiger partial charge in [-0.3, -0.25) is 24.0 Å². The Hall–Kier alpha value is -4.24. The third kappa shape index (κ3) is 7.21. The molecule has 0 spiro atoms. The number of ether oxygens (including phenoxy) is 1. The second kappa shape index (κ2) is 14.3. The summed E-state index contributed by atoms with van der Waals surface area (Å²) in [5.74, 6) is -2.44. The van der Waals surface area contributed by atoms with Crippen LogP contribution in [-0.2, 0) is 48.7 Å². The molecule has 0 radical (unpaired) electrons. The van der Waals surface area contributed by atoms with Crippen molar-refractivity contribution in [3.8, 4) is 0 Å². The maximum atomic E-state index is 14.6. The Labute approximate surface area is 308 Å². The lowest BCUT2D eigenvalue weighted by atomic mass is 9.97. The van der Waals surface area contributed by atoms with Crippen molar-refractivity contribution in [1.82, 2.24) is 24.8 Å². The Morgan fingerprint density at radius 1 is 1.25 bits per heavy atom. The lowest BCUT2D eigenvalue weighted by Crippen LogP contribution is -2.58. The van der Waals surface area contributed by atoms with Gasteiger partial charge >= 0.3 is 6.09 Å². The fourth-order valence-corrected chi connectivity index (χ4v) is 9.59. The SMILES string of the molecule is C=C[C@@H]1C[C@]1(NC(=O)[C@@H]1C[C@@H]2CN1C(=O)[C@H]([C@H](C)CC)Nc1nc(cs1)CCCC=Cc1cccc3c1CN(C3)C(=O)O2)C(=O)NS(=O)(=O)C1CC1. The van der Waals surface area contributed by atoms with Crippen LogP contribution in [0.3, 0.4) is 0 Å². The topological polar surface area (TPSA) is 167 Å². The zero-order valence-corrected chi connectivity index (χ0v) is 31.1. The molecule has 278 valence electrons. The van der Waals surface area contributed by atoms with Gasteiger partial charge in [0.15, 0.2) is 5.13 Å². The van der Waals surface area contributed by atoms with Crippen LogP contribution in [0.25, 0.3) is 6.08 Å². The van der Waals surface area contributed by atoms with E-state index in [1.54, 1.807) is 4.90 Å². The summed E-state index contributed by atoms with van der Waals surface area (Å²) in [6, 6.07) is 4.19. The summed E-state index contributed by atoms with van der Waals surface area (Å²) in [6.07, 6.45) is 8.73. The number of sulfonamides is 1. The van der Waals surface area contributed by atoms with E-state index in [0.717, 1.165) is 41.6 Å². The summed E-state index contributed by atoms with van der Waals surface area (Å²) in [5.41, 5.74) is 2.56. The number of amides is 4. The van der Waals surface area contributed by atoms with Gasteiger partial charge < -0.3 is 20.3 Å². The molecule has 4 heterocycles. The third-order valence-electron chi connectivity index (χ3n) is 11.1. The number of carbonyl (C=O) groups excluding carboxylic acids is 4. The largest absolute Gasteiger partial charge is 0.444 e. The number of allylic oxidation sites excluding steroid dienone is 1. The summed E-state index contributed by atoms with van der Waals surface area (Å²) in [7, 11) is -3.88. The highest BCUT2D eigenvalue weighted by molar-refractivity contribution is 7.91. The van der Waals surface area contributed by atoms with Crippen molar-refractivity contribution >= 4 is 56.4 Å². The van der Waals surface area contributed by atoms with Gasteiger partial charge in [0.25, 0.3) is 5.91 Å². The predicted octanol–water partition coefficient (Wildman–Crippen LogP) is 4.11. The van der Waals surface area contributed by atoms with E-state index in [1.165, 1.54) is 22.3 Å². The molecular weight excluding hydrogens is 705 g/mol. The first kappa shape index (κ1) is 36.1. The van der Waals surface area contributed by atoms with Crippen molar-refractivity contribution < 1.29 is 32.3 Å². The average molecular weight is 751 g/mol. The number of thiazole rings is 1. The lowest BCUT2D eigenvalue weighted by Gasteiger charge is -2.32. The number of benzene rings is 1. The second-order valence-electron chi connectivity index (χ2n) is 14.7. The van der Waals surface area contributed by atoms with E-state index in [2.05, 4.69) is 34.1 Å². The van der Waals surface area contributed by atoms with Gasteiger partial charge in [0.05, 0.1) is 24.0 Å². The smallest absolute Gasteiger partial charge is 0.410 e. The van der Waals surface area contributed by atoms with Crippen LogP contribution >= 0.6 is 11.3 Å². The number of fused-ring (bicyclic) bond motifs is 5. The van der Waals surface area contributed by atoms with Gasteiger partial charge in [-0.1, -0.05) is 56.7 Å². The fourth-order valence-electron chi connectivity index (χ4n) is 7.44. The normalized spacial score (nSPS) is 28.0. The highest BCUT2D eigenvalue weighted by Crippen LogP contribution is 2.45. The van der Waals surface area contributed by atoms with Gasteiger partial charge in [0, 0.05) is 24.3 Å². The van der Waals surface area contributed by atoms with Gasteiger partial charge in [-0.15, -0.1) is 17.9 Å². The third-order valence-corrected chi connectivity index (χ3v) is 13.7. The Morgan fingerprint density at radius 3 is 2.79 bits per heavy atom. The van der Waals surface area contributed by atoms with E-state index in [0.29, 0.717) is 37.5 Å². The quantitative estimate of drug-likeness (QED) is 0.337. The molecule has 2 aliphatic carbocycles. The van der Waals surface area contributed by atoms with Crippen LogP contribution in [0.5, 0.6) is 0 Å². The first-order chi connectivity index (χ1) is 24.9. The molecule has 0 unspecified atom stereocenters. The van der Waals surface area contributed by atoms with Crippen molar-refractivity contribution in [3.63, 3.8) is 0 Å². The minimum Gasteiger partial charge on any atom is -0.444 e. The number of hydrogen-bond donors (Lipinski definition) is 3. The minimum absolute atomic E-state index is 0.00352. The Kier molecular flexibility index (Phi) is 9.93. The number of hydrogen-bond acceptors (Lipinski definition) is 10. The molecule has 1 aromatic carbocycles. The summed E-state index contributed by atoms with van der Waals surface area (Å²) < 4.78 is 33.6. The molecule has 7 rings (SSSR count). The van der Waals surface area contributed by atoms with Gasteiger partial charge in [-0.2, -0.15) is 0 Å². The predicted molar refractivity (Wildman–Crippen MR) is 196 cm³/mol. The molecule has 13 nitrogen and oxygen atoms in total. The van der Waals surface area contributed by atoms with Crippen molar-refractivity contribution in [2.45, 2.75) is 107 Å². The van der Waals surface area contributed by atoms with E-state index >= 15 is 0 Å². The number of aromatic nitrogens is 1. The number of nitrogens with zero attached hydrogens (tertiary/aromatic N) is 3. The van der Waals surface area contributed by atoms with E-state index < -0.39 is 62.8 Å². The molecule has 3 N–H and O–H groups in total. The molecule has 52 heavy (non-hydrogen) atoms. The zero-order valence-electron chi connectivity index (χ0n) is 29.5. The zero-order chi connectivity index (χ0) is 36.8. The van der Waals surface area contributed by atoms with Crippen molar-refractivity contribution in [2.75, 3.05) is 11.9 Å². The summed E-state index contributed by atoms with van der Waals surface area (Å²) in [5, 5.41) is 8.13. The molecule has 3 aliphatic heterocycles. The summed E-state index contributed by atoms with van der Waals surface area (Å²) >= 11 is 1.42. The van der Waals surface area contributed by atoms with Gasteiger partial charge in [0.1, 0.15) is 23.7 Å². The van der Waals surface area contributed by atoms with Crippen LogP contribution in [0.4, 0.5) is 9.93 Å². The van der Waals surface area contributed by atoms with Crippen LogP contribution in [-0.4, -0.2) is 82.5 Å². The monoisotopic (exact) mass is 750 g/mol. The number of aryl methyl sites for hydroxylation is 1. The highest BCUT2D eigenvalue weighted by Gasteiger charge is 2.62. The molecule has 1 aromatic heterocycles. The lowest BCUT2D eigenvalue weighted by molar-refractivity contribution is -0.141. The van der Waals surface area contributed by atoms with Gasteiger partial charge in [-0.05, 0) is 61.1 Å². The Balaban J connectivity index is 1.18. The Bertz CT molecular complexity index is 1910.